The van der Waals surface area contributed by atoms with Crippen molar-refractivity contribution in [3.8, 4) is 0 Å². The van der Waals surface area contributed by atoms with Crippen LogP contribution in [0, 0.1) is 15.5 Å². The van der Waals surface area contributed by atoms with Gasteiger partial charge in [0, 0.05) is 17.6 Å². The molecule has 0 aliphatic rings. The molecule has 0 bridgehead atoms. The lowest BCUT2D eigenvalue weighted by atomic mass is 10.1. The summed E-state index contributed by atoms with van der Waals surface area (Å²) >= 11 is 0. The van der Waals surface area contributed by atoms with Gasteiger partial charge in [0.1, 0.15) is 6.04 Å². The normalized spacial score (nSPS) is 11.9. The third kappa shape index (κ3) is 9.30. The van der Waals surface area contributed by atoms with E-state index in [0.717, 1.165) is 16.5 Å². The van der Waals surface area contributed by atoms with Crippen LogP contribution >= 0.6 is 0 Å². The number of aliphatic carboxylic acids is 2. The van der Waals surface area contributed by atoms with Gasteiger partial charge >= 0.3 is 11.9 Å². The molecule has 2 rings (SSSR count). The van der Waals surface area contributed by atoms with Gasteiger partial charge in [0.2, 0.25) is 0 Å². The van der Waals surface area contributed by atoms with Gasteiger partial charge in [-0.15, -0.1) is 5.43 Å². The highest BCUT2D eigenvalue weighted by Gasteiger charge is 2.21. The van der Waals surface area contributed by atoms with E-state index in [1.807, 2.05) is 42.5 Å². The summed E-state index contributed by atoms with van der Waals surface area (Å²) in [6, 6.07) is 11.9. The average Bonchev–Trinajstić information content (AvgIpc) is 2.70. The van der Waals surface area contributed by atoms with Crippen molar-refractivity contribution >= 4 is 34.4 Å². The molecule has 0 spiro atoms. The van der Waals surface area contributed by atoms with E-state index in [4.69, 9.17) is 21.4 Å². The zero-order chi connectivity index (χ0) is 23.4. The van der Waals surface area contributed by atoms with Crippen molar-refractivity contribution in [1.29, 1.82) is 5.41 Å². The number of hydrazine groups is 1. The van der Waals surface area contributed by atoms with E-state index >= 15 is 0 Å². The summed E-state index contributed by atoms with van der Waals surface area (Å²) in [6.07, 6.45) is 0.438. The van der Waals surface area contributed by atoms with E-state index < -0.39 is 29.1 Å². The number of rotatable bonds is 10. The lowest BCUT2D eigenvalue weighted by molar-refractivity contribution is -0.549. The van der Waals surface area contributed by atoms with Crippen LogP contribution in [0.1, 0.15) is 19.8 Å². The molecule has 2 aromatic carbocycles. The van der Waals surface area contributed by atoms with Gasteiger partial charge in [0.25, 0.3) is 0 Å². The van der Waals surface area contributed by atoms with Crippen LogP contribution in [0.4, 0.5) is 5.69 Å². The standard InChI is InChI=1S/C13H13NO2.C6H13N5O4/c1-9(13(15)16)14-12-8-4-6-10-5-2-3-7-11(10)12;7-6(8)9-3-1-2-4(5(12)13)10-11(14)15/h2-9,14H,1H3,(H,15,16);4,10H,1-3H2,(H,12,13)(H4,7,8,9). The number of anilines is 1. The number of carbonyl (C=O) groups is 2. The fourth-order valence-electron chi connectivity index (χ4n) is 2.55. The van der Waals surface area contributed by atoms with Crippen molar-refractivity contribution in [3.63, 3.8) is 0 Å². The average molecular weight is 434 g/mol. The molecule has 0 saturated heterocycles. The molecule has 0 saturated carbocycles. The predicted octanol–water partition coefficient (Wildman–Crippen LogP) is 1.21. The number of hydrogen-bond donors (Lipinski definition) is 7. The molecule has 0 amide bonds. The molecule has 2 unspecified atom stereocenters. The molecule has 2 aromatic rings. The summed E-state index contributed by atoms with van der Waals surface area (Å²) in [4.78, 5) is 31.3. The minimum Gasteiger partial charge on any atom is -0.480 e. The summed E-state index contributed by atoms with van der Waals surface area (Å²) in [6.45, 7) is 1.93. The van der Waals surface area contributed by atoms with Crippen LogP contribution in [0.25, 0.3) is 10.8 Å². The number of guanidine groups is 1. The summed E-state index contributed by atoms with van der Waals surface area (Å²) in [5.41, 5.74) is 7.51. The van der Waals surface area contributed by atoms with E-state index in [1.54, 1.807) is 12.3 Å². The largest absolute Gasteiger partial charge is 0.480 e. The molecule has 8 N–H and O–H groups in total. The van der Waals surface area contributed by atoms with Crippen LogP contribution in [-0.4, -0.2) is 51.8 Å². The SMILES string of the molecule is CC(Nc1cccc2ccccc12)C(=O)O.N=C(N)NCCCC(N[N+](=O)[O-])C(=O)O. The molecule has 0 aliphatic heterocycles. The first-order chi connectivity index (χ1) is 14.6. The molecule has 31 heavy (non-hydrogen) atoms. The molecule has 2 atom stereocenters. The van der Waals surface area contributed by atoms with Crippen LogP contribution < -0.4 is 21.8 Å². The number of nitro groups is 1. The highest BCUT2D eigenvalue weighted by molar-refractivity contribution is 5.95. The van der Waals surface area contributed by atoms with Crippen molar-refractivity contribution in [2.24, 2.45) is 5.73 Å². The number of nitrogens with zero attached hydrogens (tertiary/aromatic N) is 1. The molecule has 168 valence electrons. The predicted molar refractivity (Wildman–Crippen MR) is 115 cm³/mol. The number of carboxylic acid groups (broad SMARTS) is 2. The number of nitrogens with one attached hydrogen (secondary N) is 4. The van der Waals surface area contributed by atoms with Gasteiger partial charge in [-0.25, -0.2) is 14.9 Å². The third-order valence-electron chi connectivity index (χ3n) is 4.08. The van der Waals surface area contributed by atoms with Crippen molar-refractivity contribution in [2.45, 2.75) is 31.8 Å². The maximum Gasteiger partial charge on any atom is 0.332 e. The van der Waals surface area contributed by atoms with Crippen LogP contribution in [0.2, 0.25) is 0 Å². The molecule has 0 radical (unpaired) electrons. The Morgan fingerprint density at radius 1 is 1.16 bits per heavy atom. The van der Waals surface area contributed by atoms with Crippen molar-refractivity contribution in [1.82, 2.24) is 10.7 Å². The summed E-state index contributed by atoms with van der Waals surface area (Å²) in [5, 5.41) is 40.9. The van der Waals surface area contributed by atoms with E-state index in [9.17, 15) is 19.7 Å². The maximum atomic E-state index is 10.8. The van der Waals surface area contributed by atoms with E-state index in [2.05, 4.69) is 10.6 Å². The van der Waals surface area contributed by atoms with Crippen LogP contribution in [-0.2, 0) is 9.59 Å². The molecular weight excluding hydrogens is 408 g/mol. The second-order valence-electron chi connectivity index (χ2n) is 6.49. The Bertz CT molecular complexity index is 916. The number of fused-ring (bicyclic) bond motifs is 1. The molecule has 0 aliphatic carbocycles. The monoisotopic (exact) mass is 434 g/mol. The minimum absolute atomic E-state index is 0.0800. The van der Waals surface area contributed by atoms with Crippen molar-refractivity contribution in [3.05, 3.63) is 52.6 Å². The quantitative estimate of drug-likeness (QED) is 0.0935. The van der Waals surface area contributed by atoms with Crippen molar-refractivity contribution in [2.75, 3.05) is 11.9 Å². The topological polar surface area (TPSA) is 204 Å². The van der Waals surface area contributed by atoms with Crippen LogP contribution in [0.3, 0.4) is 0 Å². The van der Waals surface area contributed by atoms with Crippen molar-refractivity contribution < 1.29 is 24.8 Å². The van der Waals surface area contributed by atoms with Gasteiger partial charge < -0.3 is 26.6 Å². The van der Waals surface area contributed by atoms with Gasteiger partial charge in [-0.05, 0) is 31.2 Å². The third-order valence-corrected chi connectivity index (χ3v) is 4.08. The van der Waals surface area contributed by atoms with Gasteiger partial charge in [-0.2, -0.15) is 0 Å². The Balaban J connectivity index is 0.000000311. The zero-order valence-corrected chi connectivity index (χ0v) is 16.9. The lowest BCUT2D eigenvalue weighted by Crippen LogP contribution is -2.41. The number of benzene rings is 2. The van der Waals surface area contributed by atoms with Crippen LogP contribution in [0.5, 0.6) is 0 Å². The summed E-state index contributed by atoms with van der Waals surface area (Å²) in [5.74, 6) is -2.36. The minimum atomic E-state index is -1.28. The number of carboxylic acids is 2. The Kier molecular flexibility index (Phi) is 10.0. The Labute approximate surface area is 178 Å². The molecule has 0 heterocycles. The summed E-state index contributed by atoms with van der Waals surface area (Å²) < 4.78 is 0. The van der Waals surface area contributed by atoms with Gasteiger partial charge in [-0.1, -0.05) is 36.4 Å². The molecular formula is C19H26N6O6. The Morgan fingerprint density at radius 2 is 1.81 bits per heavy atom. The molecule has 12 heteroatoms. The fraction of sp³-hybridized carbons (Fsp3) is 0.316. The Morgan fingerprint density at radius 3 is 2.39 bits per heavy atom. The maximum absolute atomic E-state index is 10.8. The first-order valence-electron chi connectivity index (χ1n) is 9.30. The van der Waals surface area contributed by atoms with E-state index in [-0.39, 0.29) is 12.4 Å². The highest BCUT2D eigenvalue weighted by atomic mass is 16.7. The molecule has 0 fully saturated rings. The van der Waals surface area contributed by atoms with E-state index in [1.165, 1.54) is 0 Å². The smallest absolute Gasteiger partial charge is 0.332 e. The number of hydrogen-bond acceptors (Lipinski definition) is 6. The first kappa shape index (κ1) is 24.9. The highest BCUT2D eigenvalue weighted by Crippen LogP contribution is 2.23. The Hall–Kier alpha value is -4.09. The molecule has 12 nitrogen and oxygen atoms in total. The zero-order valence-electron chi connectivity index (χ0n) is 16.9. The lowest BCUT2D eigenvalue weighted by Gasteiger charge is -2.12. The van der Waals surface area contributed by atoms with Crippen LogP contribution in [0.15, 0.2) is 42.5 Å². The molecule has 0 aromatic heterocycles. The van der Waals surface area contributed by atoms with Gasteiger partial charge in [-0.3, -0.25) is 10.2 Å². The van der Waals surface area contributed by atoms with Gasteiger partial charge in [0.15, 0.2) is 17.0 Å². The first-order valence-corrected chi connectivity index (χ1v) is 9.30. The second kappa shape index (κ2) is 12.5. The van der Waals surface area contributed by atoms with Gasteiger partial charge in [0.05, 0.1) is 0 Å². The summed E-state index contributed by atoms with van der Waals surface area (Å²) in [7, 11) is 0. The number of nitrogens with two attached hydrogens (primary N) is 1. The van der Waals surface area contributed by atoms with E-state index in [0.29, 0.717) is 13.0 Å². The fourth-order valence-corrected chi connectivity index (χ4v) is 2.55. The second-order valence-corrected chi connectivity index (χ2v) is 6.49.